The predicted octanol–water partition coefficient (Wildman–Crippen LogP) is -0.490. The highest BCUT2D eigenvalue weighted by Crippen LogP contribution is 2.24. The molecule has 0 saturated carbocycles. The number of carbonyl (C=O) groups is 2. The van der Waals surface area contributed by atoms with Gasteiger partial charge in [0.25, 0.3) is 0 Å². The van der Waals surface area contributed by atoms with Crippen molar-refractivity contribution in [1.29, 1.82) is 0 Å². The van der Waals surface area contributed by atoms with E-state index in [4.69, 9.17) is 5.14 Å². The highest BCUT2D eigenvalue weighted by atomic mass is 32.2. The number of anilines is 1. The van der Waals surface area contributed by atoms with Gasteiger partial charge in [-0.2, -0.15) is 0 Å². The normalized spacial score (nSPS) is 18.9. The summed E-state index contributed by atoms with van der Waals surface area (Å²) in [7, 11) is -2.38. The molecule has 0 aromatic carbocycles. The van der Waals surface area contributed by atoms with Crippen LogP contribution in [-0.2, 0) is 19.6 Å². The third-order valence-electron chi connectivity index (χ3n) is 3.12. The minimum atomic E-state index is -3.64. The minimum Gasteiger partial charge on any atom is -0.465 e. The largest absolute Gasteiger partial charge is 0.465 e. The van der Waals surface area contributed by atoms with Gasteiger partial charge in [0.1, 0.15) is 5.82 Å². The van der Waals surface area contributed by atoms with Crippen LogP contribution in [0.3, 0.4) is 0 Å². The van der Waals surface area contributed by atoms with Gasteiger partial charge in [-0.05, 0) is 12.1 Å². The molecular formula is C12H15N3O5S. The summed E-state index contributed by atoms with van der Waals surface area (Å²) in [6.45, 7) is 0.201. The van der Waals surface area contributed by atoms with Crippen LogP contribution in [0.4, 0.5) is 5.82 Å². The number of methoxy groups -OCH3 is 1. The Bertz CT molecular complexity index is 673. The van der Waals surface area contributed by atoms with Gasteiger partial charge < -0.3 is 4.74 Å². The second-order valence-electron chi connectivity index (χ2n) is 4.80. The molecule has 1 fully saturated rings. The molecule has 1 aliphatic rings. The zero-order valence-electron chi connectivity index (χ0n) is 11.4. The Kier molecular flexibility index (Phi) is 4.24. The molecule has 1 aromatic heterocycles. The van der Waals surface area contributed by atoms with Crippen LogP contribution >= 0.6 is 0 Å². The number of hydrogen-bond acceptors (Lipinski definition) is 6. The molecule has 0 spiro atoms. The van der Waals surface area contributed by atoms with Crippen LogP contribution in [0.15, 0.2) is 18.3 Å². The molecule has 8 nitrogen and oxygen atoms in total. The first-order valence-electron chi connectivity index (χ1n) is 6.15. The van der Waals surface area contributed by atoms with Gasteiger partial charge in [-0.25, -0.2) is 23.3 Å². The van der Waals surface area contributed by atoms with E-state index >= 15 is 0 Å². The van der Waals surface area contributed by atoms with Gasteiger partial charge >= 0.3 is 5.97 Å². The van der Waals surface area contributed by atoms with Gasteiger partial charge in [-0.3, -0.25) is 9.69 Å². The van der Waals surface area contributed by atoms with E-state index in [1.165, 1.54) is 30.3 Å². The lowest BCUT2D eigenvalue weighted by Gasteiger charge is -2.15. The van der Waals surface area contributed by atoms with Gasteiger partial charge in [0.15, 0.2) is 0 Å². The van der Waals surface area contributed by atoms with Crippen molar-refractivity contribution in [2.45, 2.75) is 6.42 Å². The lowest BCUT2D eigenvalue weighted by Crippen LogP contribution is -2.28. The van der Waals surface area contributed by atoms with Crippen LogP contribution in [0.1, 0.15) is 16.8 Å². The number of sulfonamides is 1. The molecule has 0 bridgehead atoms. The highest BCUT2D eigenvalue weighted by Gasteiger charge is 2.33. The van der Waals surface area contributed by atoms with Crippen LogP contribution < -0.4 is 10.0 Å². The van der Waals surface area contributed by atoms with Crippen LogP contribution in [0.5, 0.6) is 0 Å². The minimum absolute atomic E-state index is 0.0839. The average Bonchev–Trinajstić information content (AvgIpc) is 2.76. The maximum atomic E-state index is 12.0. The molecule has 2 heterocycles. The van der Waals surface area contributed by atoms with E-state index < -0.39 is 16.0 Å². The number of aromatic nitrogens is 1. The molecular weight excluding hydrogens is 298 g/mol. The summed E-state index contributed by atoms with van der Waals surface area (Å²) < 4.78 is 26.8. The van der Waals surface area contributed by atoms with E-state index in [0.29, 0.717) is 5.82 Å². The third kappa shape index (κ3) is 3.76. The van der Waals surface area contributed by atoms with E-state index in [2.05, 4.69) is 9.72 Å². The second-order valence-corrected chi connectivity index (χ2v) is 6.46. The van der Waals surface area contributed by atoms with Crippen LogP contribution in [-0.4, -0.2) is 44.7 Å². The Labute approximate surface area is 121 Å². The summed E-state index contributed by atoms with van der Waals surface area (Å²) in [5, 5.41) is 4.99. The second kappa shape index (κ2) is 5.78. The van der Waals surface area contributed by atoms with Crippen LogP contribution in [0.2, 0.25) is 0 Å². The molecule has 1 saturated heterocycles. The molecule has 114 valence electrons. The fourth-order valence-corrected chi connectivity index (χ4v) is 3.13. The van der Waals surface area contributed by atoms with Gasteiger partial charge in [-0.1, -0.05) is 0 Å². The van der Waals surface area contributed by atoms with Crippen molar-refractivity contribution in [1.82, 2.24) is 4.98 Å². The monoisotopic (exact) mass is 313 g/mol. The summed E-state index contributed by atoms with van der Waals surface area (Å²) in [6.07, 6.45) is 1.47. The number of amides is 1. The SMILES string of the molecule is COC(=O)c1ccnc(N2CC(CS(N)(=O)=O)CC2=O)c1. The maximum Gasteiger partial charge on any atom is 0.338 e. The Morgan fingerprint density at radius 1 is 1.57 bits per heavy atom. The molecule has 1 amide bonds. The molecule has 0 aliphatic carbocycles. The number of esters is 1. The molecule has 2 N–H and O–H groups in total. The summed E-state index contributed by atoms with van der Waals surface area (Å²) >= 11 is 0. The number of rotatable bonds is 4. The summed E-state index contributed by atoms with van der Waals surface area (Å²) in [4.78, 5) is 28.8. The lowest BCUT2D eigenvalue weighted by atomic mass is 10.1. The molecule has 1 unspecified atom stereocenters. The predicted molar refractivity (Wildman–Crippen MR) is 74.0 cm³/mol. The third-order valence-corrected chi connectivity index (χ3v) is 4.05. The smallest absolute Gasteiger partial charge is 0.338 e. The fourth-order valence-electron chi connectivity index (χ4n) is 2.25. The first-order valence-corrected chi connectivity index (χ1v) is 7.87. The fraction of sp³-hybridized carbons (Fsp3) is 0.417. The van der Waals surface area contributed by atoms with Crippen molar-refractivity contribution in [2.75, 3.05) is 24.3 Å². The molecule has 2 rings (SSSR count). The lowest BCUT2D eigenvalue weighted by molar-refractivity contribution is -0.117. The van der Waals surface area contributed by atoms with Crippen molar-refractivity contribution in [2.24, 2.45) is 11.1 Å². The Hall–Kier alpha value is -2.00. The van der Waals surface area contributed by atoms with Crippen LogP contribution in [0.25, 0.3) is 0 Å². The topological polar surface area (TPSA) is 120 Å². The standard InChI is InChI=1S/C12H15N3O5S/c1-20-12(17)9-2-3-14-10(5-9)15-6-8(4-11(15)16)7-21(13,18)19/h2-3,5,8H,4,6-7H2,1H3,(H2,13,18,19). The number of primary sulfonamides is 1. The van der Waals surface area contributed by atoms with Gasteiger partial charge in [-0.15, -0.1) is 0 Å². The van der Waals surface area contributed by atoms with E-state index in [1.807, 2.05) is 0 Å². The Morgan fingerprint density at radius 2 is 2.29 bits per heavy atom. The van der Waals surface area contributed by atoms with Crippen molar-refractivity contribution >= 4 is 27.7 Å². The highest BCUT2D eigenvalue weighted by molar-refractivity contribution is 7.89. The number of pyridine rings is 1. The van der Waals surface area contributed by atoms with Crippen LogP contribution in [0, 0.1) is 5.92 Å². The summed E-state index contributed by atoms with van der Waals surface area (Å²) in [5.74, 6) is -1.13. The molecule has 21 heavy (non-hydrogen) atoms. The molecule has 1 aromatic rings. The van der Waals surface area contributed by atoms with Crippen molar-refractivity contribution in [3.8, 4) is 0 Å². The van der Waals surface area contributed by atoms with Crippen molar-refractivity contribution < 1.29 is 22.7 Å². The van der Waals surface area contributed by atoms with E-state index in [9.17, 15) is 18.0 Å². The summed E-state index contributed by atoms with van der Waals surface area (Å²) in [5.41, 5.74) is 0.269. The molecule has 9 heteroatoms. The van der Waals surface area contributed by atoms with E-state index in [-0.39, 0.29) is 36.1 Å². The molecule has 0 radical (unpaired) electrons. The Morgan fingerprint density at radius 3 is 2.90 bits per heavy atom. The zero-order chi connectivity index (χ0) is 15.6. The number of hydrogen-bond donors (Lipinski definition) is 1. The van der Waals surface area contributed by atoms with Gasteiger partial charge in [0.05, 0.1) is 18.4 Å². The van der Waals surface area contributed by atoms with Gasteiger partial charge in [0.2, 0.25) is 15.9 Å². The van der Waals surface area contributed by atoms with E-state index in [1.54, 1.807) is 0 Å². The van der Waals surface area contributed by atoms with Crippen molar-refractivity contribution in [3.63, 3.8) is 0 Å². The number of ether oxygens (including phenoxy) is 1. The first-order chi connectivity index (χ1) is 9.80. The Balaban J connectivity index is 2.19. The molecule has 1 aliphatic heterocycles. The number of nitrogens with two attached hydrogens (primary N) is 1. The average molecular weight is 313 g/mol. The summed E-state index contributed by atoms with van der Waals surface area (Å²) in [6, 6.07) is 2.90. The molecule has 1 atom stereocenters. The number of nitrogens with zero attached hydrogens (tertiary/aromatic N) is 2. The van der Waals surface area contributed by atoms with Gasteiger partial charge in [0, 0.05) is 25.1 Å². The van der Waals surface area contributed by atoms with Crippen molar-refractivity contribution in [3.05, 3.63) is 23.9 Å². The quantitative estimate of drug-likeness (QED) is 0.749. The maximum absolute atomic E-state index is 12.0. The zero-order valence-corrected chi connectivity index (χ0v) is 12.2. The van der Waals surface area contributed by atoms with E-state index in [0.717, 1.165) is 0 Å². The first kappa shape index (κ1) is 15.4. The number of carbonyl (C=O) groups excluding carboxylic acids is 2.